The van der Waals surface area contributed by atoms with Gasteiger partial charge in [-0.15, -0.1) is 0 Å². The lowest BCUT2D eigenvalue weighted by atomic mass is 10.2. The predicted octanol–water partition coefficient (Wildman–Crippen LogP) is 1.18. The number of Topliss-reactive ketones (excluding diaryl/α,β-unsaturated/α-hetero) is 1. The van der Waals surface area contributed by atoms with Crippen molar-refractivity contribution < 1.29 is 17.9 Å². The number of sulfonamides is 1. The van der Waals surface area contributed by atoms with Crippen LogP contribution in [-0.4, -0.2) is 53.9 Å². The van der Waals surface area contributed by atoms with Gasteiger partial charge in [0.1, 0.15) is 0 Å². The maximum Gasteiger partial charge on any atom is 0.243 e. The zero-order valence-electron chi connectivity index (χ0n) is 13.3. The highest BCUT2D eigenvalue weighted by Gasteiger charge is 2.30. The normalized spacial score (nSPS) is 19.3. The quantitative estimate of drug-likeness (QED) is 0.757. The smallest absolute Gasteiger partial charge is 0.243 e. The van der Waals surface area contributed by atoms with Crippen molar-refractivity contribution in [2.75, 3.05) is 19.7 Å². The minimum atomic E-state index is -3.60. The van der Waals surface area contributed by atoms with Crippen molar-refractivity contribution in [2.24, 2.45) is 0 Å². The summed E-state index contributed by atoms with van der Waals surface area (Å²) in [4.78, 5) is 15.5. The van der Waals surface area contributed by atoms with Crippen LogP contribution in [0.3, 0.4) is 0 Å². The Bertz CT molecular complexity index is 800. The van der Waals surface area contributed by atoms with E-state index in [2.05, 4.69) is 4.98 Å². The molecule has 128 valence electrons. The summed E-state index contributed by atoms with van der Waals surface area (Å²) in [7, 11) is -3.60. The van der Waals surface area contributed by atoms with Gasteiger partial charge in [0.05, 0.1) is 30.5 Å². The van der Waals surface area contributed by atoms with Crippen molar-refractivity contribution in [3.05, 3.63) is 48.5 Å². The summed E-state index contributed by atoms with van der Waals surface area (Å²) in [5.74, 6) is -0.0919. The van der Waals surface area contributed by atoms with Gasteiger partial charge in [-0.1, -0.05) is 12.1 Å². The largest absolute Gasteiger partial charge is 0.374 e. The first-order valence-electron chi connectivity index (χ1n) is 7.65. The minimum Gasteiger partial charge on any atom is -0.374 e. The fraction of sp³-hybridized carbons (Fsp3) is 0.375. The standard InChI is InChI=1S/C16H19N3O4S/c1-13(20)14-2-4-16(5-3-14)24(21,22)19-8-9-23-15(11-19)10-18-7-6-17-12-18/h2-7,12,15H,8-11H2,1H3. The van der Waals surface area contributed by atoms with Gasteiger partial charge in [-0.25, -0.2) is 13.4 Å². The SMILES string of the molecule is CC(=O)c1ccc(S(=O)(=O)N2CCOC(Cn3ccnc3)C2)cc1. The van der Waals surface area contributed by atoms with Crippen LogP contribution in [0.4, 0.5) is 0 Å². The van der Waals surface area contributed by atoms with E-state index in [0.29, 0.717) is 25.3 Å². The monoisotopic (exact) mass is 349 g/mol. The number of ether oxygens (including phenoxy) is 1. The molecule has 3 rings (SSSR count). The Labute approximate surface area is 140 Å². The molecule has 1 aliphatic heterocycles. The zero-order valence-corrected chi connectivity index (χ0v) is 14.1. The van der Waals surface area contributed by atoms with E-state index in [4.69, 9.17) is 4.74 Å². The van der Waals surface area contributed by atoms with Crippen LogP contribution >= 0.6 is 0 Å². The summed E-state index contributed by atoms with van der Waals surface area (Å²) in [6.45, 7) is 2.96. The molecule has 0 spiro atoms. The molecule has 0 aliphatic carbocycles. The van der Waals surface area contributed by atoms with Gasteiger partial charge in [-0.05, 0) is 19.1 Å². The predicted molar refractivity (Wildman–Crippen MR) is 87.2 cm³/mol. The number of ketones is 1. The molecule has 1 aromatic heterocycles. The van der Waals surface area contributed by atoms with E-state index < -0.39 is 10.0 Å². The summed E-state index contributed by atoms with van der Waals surface area (Å²) in [6, 6.07) is 6.04. The molecule has 1 aromatic carbocycles. The third kappa shape index (κ3) is 3.55. The number of carbonyl (C=O) groups is 1. The maximum atomic E-state index is 12.8. The highest BCUT2D eigenvalue weighted by Crippen LogP contribution is 2.20. The van der Waals surface area contributed by atoms with Gasteiger partial charge >= 0.3 is 0 Å². The van der Waals surface area contributed by atoms with E-state index in [1.165, 1.54) is 23.4 Å². The summed E-state index contributed by atoms with van der Waals surface area (Å²) in [6.07, 6.45) is 4.95. The number of morpholine rings is 1. The fourth-order valence-electron chi connectivity index (χ4n) is 2.66. The molecule has 2 aromatic rings. The molecule has 7 nitrogen and oxygen atoms in total. The van der Waals surface area contributed by atoms with Crippen LogP contribution in [0, 0.1) is 0 Å². The summed E-state index contributed by atoms with van der Waals surface area (Å²) in [5, 5.41) is 0. The number of nitrogens with zero attached hydrogens (tertiary/aromatic N) is 3. The topological polar surface area (TPSA) is 81.5 Å². The minimum absolute atomic E-state index is 0.0919. The fourth-order valence-corrected chi connectivity index (χ4v) is 4.12. The number of carbonyl (C=O) groups excluding carboxylic acids is 1. The molecule has 0 bridgehead atoms. The first-order chi connectivity index (χ1) is 11.5. The van der Waals surface area contributed by atoms with Crippen LogP contribution in [0.15, 0.2) is 47.9 Å². The summed E-state index contributed by atoms with van der Waals surface area (Å²) < 4.78 is 34.5. The van der Waals surface area contributed by atoms with Crippen LogP contribution in [-0.2, 0) is 21.3 Å². The number of hydrogen-bond donors (Lipinski definition) is 0. The van der Waals surface area contributed by atoms with Crippen molar-refractivity contribution in [1.82, 2.24) is 13.9 Å². The molecule has 1 atom stereocenters. The third-order valence-corrected chi connectivity index (χ3v) is 5.85. The Morgan fingerprint density at radius 2 is 2.08 bits per heavy atom. The second-order valence-electron chi connectivity index (χ2n) is 5.70. The molecule has 0 radical (unpaired) electrons. The molecule has 1 fully saturated rings. The van der Waals surface area contributed by atoms with Gasteiger partial charge in [0.25, 0.3) is 0 Å². The van der Waals surface area contributed by atoms with E-state index in [1.807, 2.05) is 10.8 Å². The Morgan fingerprint density at radius 3 is 2.71 bits per heavy atom. The average molecular weight is 349 g/mol. The molecule has 2 heterocycles. The Balaban J connectivity index is 1.74. The lowest BCUT2D eigenvalue weighted by molar-refractivity contribution is -0.0102. The lowest BCUT2D eigenvalue weighted by Gasteiger charge is -2.32. The van der Waals surface area contributed by atoms with Gasteiger partial charge in [0.15, 0.2) is 5.78 Å². The van der Waals surface area contributed by atoms with Gasteiger partial charge in [0, 0.05) is 31.0 Å². The van der Waals surface area contributed by atoms with E-state index in [-0.39, 0.29) is 23.3 Å². The number of imidazole rings is 1. The average Bonchev–Trinajstić information content (AvgIpc) is 3.08. The third-order valence-electron chi connectivity index (χ3n) is 3.97. The molecule has 1 saturated heterocycles. The van der Waals surface area contributed by atoms with E-state index in [9.17, 15) is 13.2 Å². The van der Waals surface area contributed by atoms with Crippen molar-refractivity contribution in [3.8, 4) is 0 Å². The van der Waals surface area contributed by atoms with Crippen molar-refractivity contribution >= 4 is 15.8 Å². The van der Waals surface area contributed by atoms with Gasteiger partial charge in [-0.2, -0.15) is 4.31 Å². The van der Waals surface area contributed by atoms with Crippen LogP contribution in [0.25, 0.3) is 0 Å². The van der Waals surface area contributed by atoms with Crippen molar-refractivity contribution in [1.29, 1.82) is 0 Å². The number of benzene rings is 1. The Morgan fingerprint density at radius 1 is 1.33 bits per heavy atom. The molecule has 8 heteroatoms. The number of aromatic nitrogens is 2. The molecular formula is C16H19N3O4S. The Kier molecular flexibility index (Phi) is 4.79. The first kappa shape index (κ1) is 16.8. The summed E-state index contributed by atoms with van der Waals surface area (Å²) in [5.41, 5.74) is 0.494. The zero-order chi connectivity index (χ0) is 17.2. The highest BCUT2D eigenvalue weighted by molar-refractivity contribution is 7.89. The molecule has 24 heavy (non-hydrogen) atoms. The van der Waals surface area contributed by atoms with E-state index in [0.717, 1.165) is 0 Å². The molecule has 1 unspecified atom stereocenters. The van der Waals surface area contributed by atoms with Crippen molar-refractivity contribution in [2.45, 2.75) is 24.5 Å². The summed E-state index contributed by atoms with van der Waals surface area (Å²) >= 11 is 0. The van der Waals surface area contributed by atoms with E-state index in [1.54, 1.807) is 24.7 Å². The molecule has 1 aliphatic rings. The van der Waals surface area contributed by atoms with Gasteiger partial charge in [0.2, 0.25) is 10.0 Å². The number of hydrogen-bond acceptors (Lipinski definition) is 5. The van der Waals surface area contributed by atoms with Crippen LogP contribution in [0.1, 0.15) is 17.3 Å². The second kappa shape index (κ2) is 6.84. The van der Waals surface area contributed by atoms with Gasteiger partial charge < -0.3 is 9.30 Å². The van der Waals surface area contributed by atoms with Crippen molar-refractivity contribution in [3.63, 3.8) is 0 Å². The maximum absolute atomic E-state index is 12.8. The van der Waals surface area contributed by atoms with E-state index >= 15 is 0 Å². The number of rotatable bonds is 5. The molecule has 0 saturated carbocycles. The molecule has 0 amide bonds. The van der Waals surface area contributed by atoms with Crippen LogP contribution in [0.2, 0.25) is 0 Å². The lowest BCUT2D eigenvalue weighted by Crippen LogP contribution is -2.46. The molecule has 0 N–H and O–H groups in total. The first-order valence-corrected chi connectivity index (χ1v) is 9.09. The molecular weight excluding hydrogens is 330 g/mol. The van der Waals surface area contributed by atoms with Crippen LogP contribution in [0.5, 0.6) is 0 Å². The van der Waals surface area contributed by atoms with Gasteiger partial charge in [-0.3, -0.25) is 4.79 Å². The Hall–Kier alpha value is -2.03. The van der Waals surface area contributed by atoms with Crippen LogP contribution < -0.4 is 0 Å². The highest BCUT2D eigenvalue weighted by atomic mass is 32.2. The second-order valence-corrected chi connectivity index (χ2v) is 7.63.